The summed E-state index contributed by atoms with van der Waals surface area (Å²) >= 11 is 7.15. The lowest BCUT2D eigenvalue weighted by molar-refractivity contribution is -0.144. The molecule has 2 saturated heterocycles. The first-order valence-corrected chi connectivity index (χ1v) is 24.9. The maximum atomic E-state index is 14.0. The van der Waals surface area contributed by atoms with E-state index < -0.39 is 76.1 Å². The lowest BCUT2D eigenvalue weighted by Gasteiger charge is -2.35. The van der Waals surface area contributed by atoms with Crippen molar-refractivity contribution in [1.82, 2.24) is 25.5 Å². The number of ether oxygens (including phenoxy) is 3. The lowest BCUT2D eigenvalue weighted by atomic mass is 9.85. The molecule has 4 amide bonds. The predicted octanol–water partition coefficient (Wildman–Crippen LogP) is 7.66. The van der Waals surface area contributed by atoms with Gasteiger partial charge in [-0.1, -0.05) is 26.8 Å². The first kappa shape index (κ1) is 55.3. The summed E-state index contributed by atoms with van der Waals surface area (Å²) in [6.07, 6.45) is -0.991. The van der Waals surface area contributed by atoms with Gasteiger partial charge in [0.25, 0.3) is 5.91 Å². The Morgan fingerprint density at radius 1 is 0.958 bits per heavy atom. The van der Waals surface area contributed by atoms with E-state index in [9.17, 15) is 42.7 Å². The number of anilines is 2. The van der Waals surface area contributed by atoms with Crippen LogP contribution in [0.1, 0.15) is 102 Å². The summed E-state index contributed by atoms with van der Waals surface area (Å²) in [5.74, 6) is -1.32. The number of hydrogen-bond donors (Lipinski definition) is 3. The number of carbonyl (C=O) groups is 4. The number of aryl methyl sites for hydroxylation is 1. The largest absolute Gasteiger partial charge is 0.494 e. The van der Waals surface area contributed by atoms with E-state index in [4.69, 9.17) is 26.4 Å². The number of carbonyl (C=O) groups excluding carboxylic acids is 4. The van der Waals surface area contributed by atoms with E-state index >= 15 is 0 Å². The zero-order valence-electron chi connectivity index (χ0n) is 41.4. The zero-order valence-corrected chi connectivity index (χ0v) is 43.0. The number of aliphatic hydroxyl groups is 1. The van der Waals surface area contributed by atoms with Gasteiger partial charge in [-0.15, -0.1) is 11.3 Å². The Morgan fingerprint density at radius 2 is 1.64 bits per heavy atom. The maximum absolute atomic E-state index is 14.0. The van der Waals surface area contributed by atoms with Crippen LogP contribution in [-0.2, 0) is 34.8 Å². The van der Waals surface area contributed by atoms with Crippen LogP contribution in [0.25, 0.3) is 10.4 Å². The van der Waals surface area contributed by atoms with Crippen LogP contribution in [0, 0.1) is 23.7 Å². The molecule has 2 aliphatic heterocycles. The third kappa shape index (κ3) is 13.3. The van der Waals surface area contributed by atoms with Crippen molar-refractivity contribution in [2.24, 2.45) is 5.41 Å². The zero-order chi connectivity index (χ0) is 52.5. The summed E-state index contributed by atoms with van der Waals surface area (Å²) in [5.41, 5.74) is 1.05. The van der Waals surface area contributed by atoms with Crippen LogP contribution in [0.4, 0.5) is 24.5 Å². The molecule has 0 radical (unpaired) electrons. The number of rotatable bonds is 21. The second kappa shape index (κ2) is 23.7. The van der Waals surface area contributed by atoms with Crippen LogP contribution in [0.5, 0.6) is 5.75 Å². The highest BCUT2D eigenvalue weighted by Gasteiger charge is 2.51. The Labute approximate surface area is 426 Å². The van der Waals surface area contributed by atoms with E-state index in [1.165, 1.54) is 22.3 Å². The van der Waals surface area contributed by atoms with Gasteiger partial charge in [-0.2, -0.15) is 18.4 Å². The number of alkyl halides is 3. The number of unbranched alkanes of at least 4 members (excludes halogenated alkanes) is 2. The molecule has 0 aliphatic carbocycles. The summed E-state index contributed by atoms with van der Waals surface area (Å²) in [6.45, 7) is 13.7. The molecular weight excluding hydrogens is 974 g/mol. The third-order valence-corrected chi connectivity index (χ3v) is 13.7. The summed E-state index contributed by atoms with van der Waals surface area (Å²) in [6, 6.07) is 12.9. The molecule has 4 heterocycles. The van der Waals surface area contributed by atoms with E-state index in [1.54, 1.807) is 67.7 Å². The highest BCUT2D eigenvalue weighted by atomic mass is 32.1. The molecule has 72 heavy (non-hydrogen) atoms. The number of thiocarbonyl (C=S) groups is 1. The first-order valence-electron chi connectivity index (χ1n) is 23.7. The molecule has 0 unspecified atom stereocenters. The van der Waals surface area contributed by atoms with Gasteiger partial charge in [0.05, 0.1) is 63.4 Å². The van der Waals surface area contributed by atoms with Gasteiger partial charge in [-0.05, 0) is 120 Å². The van der Waals surface area contributed by atoms with Crippen molar-refractivity contribution in [1.29, 1.82) is 5.26 Å². The fourth-order valence-corrected chi connectivity index (χ4v) is 9.75. The molecule has 2 fully saturated rings. The van der Waals surface area contributed by atoms with Gasteiger partial charge in [0.2, 0.25) is 17.7 Å². The maximum Gasteiger partial charge on any atom is 0.417 e. The first-order chi connectivity index (χ1) is 34.0. The average molecular weight is 1040 g/mol. The number of nitrogens with one attached hydrogen (secondary N) is 2. The summed E-state index contributed by atoms with van der Waals surface area (Å²) in [7, 11) is 0. The molecule has 3 N–H and O–H groups in total. The van der Waals surface area contributed by atoms with Crippen LogP contribution in [0.3, 0.4) is 0 Å². The minimum absolute atomic E-state index is 0.000761. The average Bonchev–Trinajstić information content (AvgIpc) is 4.00. The molecule has 2 aromatic carbocycles. The number of nitrogens with zero attached hydrogens (tertiary/aromatic N) is 6. The SMILES string of the molecule is Cc1ncsc1-c1ccc([C@H](C)NC(=O)[C@@H]2C[C@@H](O)CN2C(=O)[C@@H](NC(=O)COCCCOCCCCCOc2ccc(N3C(=S)N(c4ccc(C#N)c(C(F)(F)F)c4)C(=O)C3(C)C)cc2)C(C)(C)C)nc1. The van der Waals surface area contributed by atoms with Gasteiger partial charge in [0.1, 0.15) is 30.0 Å². The summed E-state index contributed by atoms with van der Waals surface area (Å²) < 4.78 is 58.4. The molecule has 0 bridgehead atoms. The van der Waals surface area contributed by atoms with Gasteiger partial charge < -0.3 is 39.8 Å². The molecule has 2 aromatic heterocycles. The van der Waals surface area contributed by atoms with Gasteiger partial charge in [-0.25, -0.2) is 4.98 Å². The number of pyridine rings is 1. The van der Waals surface area contributed by atoms with Crippen LogP contribution < -0.4 is 25.2 Å². The molecule has 21 heteroatoms. The number of aliphatic hydroxyl groups excluding tert-OH is 1. The fourth-order valence-electron chi connectivity index (χ4n) is 8.44. The van der Waals surface area contributed by atoms with Gasteiger partial charge in [-0.3, -0.25) is 29.1 Å². The second-order valence-electron chi connectivity index (χ2n) is 19.3. The van der Waals surface area contributed by atoms with E-state index in [0.29, 0.717) is 43.4 Å². The van der Waals surface area contributed by atoms with Crippen LogP contribution in [0.15, 0.2) is 66.3 Å². The minimum atomic E-state index is -4.80. The van der Waals surface area contributed by atoms with Crippen molar-refractivity contribution in [2.45, 2.75) is 117 Å². The van der Waals surface area contributed by atoms with Gasteiger partial charge >= 0.3 is 6.18 Å². The number of β-amino-alcohol motifs (C(OH)–C–C–N with tert-alkyl or cyclic N) is 1. The second-order valence-corrected chi connectivity index (χ2v) is 20.5. The molecule has 0 saturated carbocycles. The minimum Gasteiger partial charge on any atom is -0.494 e. The molecular formula is C51H61F3N8O8S2. The van der Waals surface area contributed by atoms with E-state index in [1.807, 2.05) is 39.8 Å². The number of amides is 4. The van der Waals surface area contributed by atoms with Crippen molar-refractivity contribution in [3.8, 4) is 22.3 Å². The monoisotopic (exact) mass is 1030 g/mol. The Balaban J connectivity index is 0.859. The molecule has 16 nitrogen and oxygen atoms in total. The number of likely N-dealkylation sites (tertiary alicyclic amines) is 1. The molecule has 386 valence electrons. The van der Waals surface area contributed by atoms with Crippen molar-refractivity contribution in [3.05, 3.63) is 88.8 Å². The van der Waals surface area contributed by atoms with Crippen molar-refractivity contribution >= 4 is 63.7 Å². The predicted molar refractivity (Wildman–Crippen MR) is 269 cm³/mol. The molecule has 2 aliphatic rings. The molecule has 0 spiro atoms. The number of benzene rings is 2. The van der Waals surface area contributed by atoms with Crippen molar-refractivity contribution in [2.75, 3.05) is 49.4 Å². The van der Waals surface area contributed by atoms with Gasteiger partial charge in [0.15, 0.2) is 5.11 Å². The summed E-state index contributed by atoms with van der Waals surface area (Å²) in [5, 5.41) is 25.5. The van der Waals surface area contributed by atoms with E-state index in [-0.39, 0.29) is 37.0 Å². The van der Waals surface area contributed by atoms with Crippen LogP contribution in [0.2, 0.25) is 0 Å². The molecule has 6 rings (SSSR count). The fraction of sp³-hybridized carbons (Fsp3) is 0.490. The quantitative estimate of drug-likeness (QED) is 0.0543. The van der Waals surface area contributed by atoms with Gasteiger partial charge in [0, 0.05) is 50.2 Å². The van der Waals surface area contributed by atoms with E-state index in [0.717, 1.165) is 52.4 Å². The Morgan fingerprint density at radius 3 is 2.28 bits per heavy atom. The Bertz CT molecular complexity index is 2620. The highest BCUT2D eigenvalue weighted by molar-refractivity contribution is 7.81. The normalized spacial score (nSPS) is 17.7. The van der Waals surface area contributed by atoms with Crippen molar-refractivity contribution < 1.29 is 51.7 Å². The third-order valence-electron chi connectivity index (χ3n) is 12.3. The Hall–Kier alpha value is -6.05. The van der Waals surface area contributed by atoms with Crippen LogP contribution >= 0.6 is 23.6 Å². The molecule has 4 aromatic rings. The van der Waals surface area contributed by atoms with Crippen molar-refractivity contribution in [3.63, 3.8) is 0 Å². The topological polar surface area (TPSA) is 200 Å². The number of halogens is 3. The number of hydrogen-bond acceptors (Lipinski definition) is 13. The standard InChI is InChI=1S/C51H61F3N8O8S2/c1-31(40-19-13-34(27-56-40)43-32(2)57-30-72-43)58-45(65)41-25-37(63)28-60(41)46(66)44(49(3,4)5)59-42(64)29-69-22-11-21-68-20-9-8-10-23-70-38-17-15-35(16-18-38)62-48(71)61(47(67)50(62,6)7)36-14-12-33(26-55)39(24-36)51(52,53)54/h12-19,24,27,30-31,37,41,44,63H,8-11,20-23,25,28-29H2,1-7H3,(H,58,65)(H,59,64)/t31-,37+,41-,44+/m0/s1. The Kier molecular flexibility index (Phi) is 18.2. The number of aromatic nitrogens is 2. The lowest BCUT2D eigenvalue weighted by Crippen LogP contribution is -2.58. The smallest absolute Gasteiger partial charge is 0.417 e. The number of thiazole rings is 1. The molecule has 4 atom stereocenters. The number of nitriles is 1. The van der Waals surface area contributed by atoms with E-state index in [2.05, 4.69) is 20.6 Å². The van der Waals surface area contributed by atoms with Crippen LogP contribution in [-0.4, -0.2) is 112 Å². The highest BCUT2D eigenvalue weighted by Crippen LogP contribution is 2.40. The summed E-state index contributed by atoms with van der Waals surface area (Å²) in [4.78, 5) is 68.0.